The fourth-order valence-electron chi connectivity index (χ4n) is 5.96. The Morgan fingerprint density at radius 2 is 0.958 bits per heavy atom. The summed E-state index contributed by atoms with van der Waals surface area (Å²) in [4.78, 5) is 11.2. The zero-order valence-corrected chi connectivity index (χ0v) is 26.1. The molecule has 0 saturated carbocycles. The van der Waals surface area contributed by atoms with Gasteiger partial charge in [-0.3, -0.25) is 9.97 Å². The number of hydrogen-bond donors (Lipinski definition) is 0. The van der Waals surface area contributed by atoms with Gasteiger partial charge in [0.25, 0.3) is 0 Å². The van der Waals surface area contributed by atoms with Crippen molar-refractivity contribution in [1.29, 1.82) is 0 Å². The third kappa shape index (κ3) is 6.33. The number of para-hydroxylation sites is 1. The summed E-state index contributed by atoms with van der Waals surface area (Å²) in [6, 6.07) is 48.5. The zero-order chi connectivity index (χ0) is 33.1. The van der Waals surface area contributed by atoms with Gasteiger partial charge in [-0.1, -0.05) is 103 Å². The van der Waals surface area contributed by atoms with Crippen molar-refractivity contribution in [2.24, 2.45) is 0 Å². The Bertz CT molecular complexity index is 2140. The van der Waals surface area contributed by atoms with E-state index in [1.165, 1.54) is 6.20 Å². The van der Waals surface area contributed by atoms with Gasteiger partial charge in [0.1, 0.15) is 0 Å². The Hall–Kier alpha value is -6.01. The van der Waals surface area contributed by atoms with Crippen molar-refractivity contribution in [2.75, 3.05) is 4.90 Å². The van der Waals surface area contributed by atoms with Gasteiger partial charge in [0.2, 0.25) is 0 Å². The molecule has 2 heterocycles. The lowest BCUT2D eigenvalue weighted by Crippen LogP contribution is -2.13. The van der Waals surface area contributed by atoms with Crippen molar-refractivity contribution < 1.29 is 13.2 Å². The molecule has 7 rings (SSSR count). The van der Waals surface area contributed by atoms with Gasteiger partial charge in [-0.25, -0.2) is 0 Å². The molecular weight excluding hydrogens is 603 g/mol. The molecule has 0 amide bonds. The number of benzene rings is 5. The Kier molecular flexibility index (Phi) is 8.30. The van der Waals surface area contributed by atoms with Gasteiger partial charge in [0.15, 0.2) is 0 Å². The summed E-state index contributed by atoms with van der Waals surface area (Å²) in [5.74, 6) is 0. The molecule has 0 spiro atoms. The van der Waals surface area contributed by atoms with E-state index in [9.17, 15) is 13.2 Å². The van der Waals surface area contributed by atoms with Gasteiger partial charge in [0, 0.05) is 46.0 Å². The average Bonchev–Trinajstić information content (AvgIpc) is 3.12. The Labute approximate surface area is 277 Å². The van der Waals surface area contributed by atoms with E-state index in [1.54, 1.807) is 12.3 Å². The molecule has 0 bridgehead atoms. The Balaban J connectivity index is 1.51. The molecular formula is C42H30F3N3. The van der Waals surface area contributed by atoms with Crippen molar-refractivity contribution in [3.05, 3.63) is 175 Å². The molecule has 0 N–H and O–H groups in total. The fourth-order valence-corrected chi connectivity index (χ4v) is 5.96. The Morgan fingerprint density at radius 1 is 0.479 bits per heavy atom. The number of aryl methyl sites for hydroxylation is 1. The lowest BCUT2D eigenvalue weighted by Gasteiger charge is -2.31. The summed E-state index contributed by atoms with van der Waals surface area (Å²) in [5, 5.41) is 0. The molecule has 0 atom stereocenters. The van der Waals surface area contributed by atoms with E-state index in [0.29, 0.717) is 5.56 Å². The number of halogens is 3. The van der Waals surface area contributed by atoms with Gasteiger partial charge in [-0.2, -0.15) is 13.2 Å². The SMILES string of the molecule is Cc1ccnc(-c2cccc(N(c3cccc(-c4cc(C(F)(F)F)ccn4)c3)c3c(-c4ccccc4)cccc3-c3ccccc3)c2)c1. The minimum atomic E-state index is -4.48. The van der Waals surface area contributed by atoms with Crippen molar-refractivity contribution in [1.82, 2.24) is 9.97 Å². The molecule has 7 aromatic rings. The highest BCUT2D eigenvalue weighted by Crippen LogP contribution is 2.47. The van der Waals surface area contributed by atoms with Gasteiger partial charge in [-0.15, -0.1) is 0 Å². The number of nitrogens with zero attached hydrogens (tertiary/aromatic N) is 3. The molecule has 48 heavy (non-hydrogen) atoms. The standard InChI is InChI=1S/C42H30F3N3/c1-29-21-23-46-39(25-29)32-15-8-17-35(26-32)48(36-18-9-16-33(27-36)40-28-34(22-24-47-40)42(43,44)45)41-37(30-11-4-2-5-12-30)19-10-20-38(41)31-13-6-3-7-14-31/h2-28H,1H3. The van der Waals surface area contributed by atoms with Crippen molar-refractivity contribution in [2.45, 2.75) is 13.1 Å². The van der Waals surface area contributed by atoms with Crippen LogP contribution in [0.5, 0.6) is 0 Å². The largest absolute Gasteiger partial charge is 0.416 e. The highest BCUT2D eigenvalue weighted by Gasteiger charge is 2.31. The third-order valence-corrected chi connectivity index (χ3v) is 8.23. The first kappa shape index (κ1) is 30.6. The zero-order valence-electron chi connectivity index (χ0n) is 26.1. The number of rotatable bonds is 7. The number of hydrogen-bond acceptors (Lipinski definition) is 3. The lowest BCUT2D eigenvalue weighted by molar-refractivity contribution is -0.137. The van der Waals surface area contributed by atoms with Crippen molar-refractivity contribution in [3.63, 3.8) is 0 Å². The van der Waals surface area contributed by atoms with Crippen LogP contribution in [0.15, 0.2) is 164 Å². The van der Waals surface area contributed by atoms with Crippen molar-refractivity contribution >= 4 is 17.1 Å². The summed E-state index contributed by atoms with van der Waals surface area (Å²) in [6.07, 6.45) is -1.47. The van der Waals surface area contributed by atoms with E-state index in [2.05, 4.69) is 69.5 Å². The third-order valence-electron chi connectivity index (χ3n) is 8.23. The molecule has 2 aromatic heterocycles. The summed E-state index contributed by atoms with van der Waals surface area (Å²) >= 11 is 0. The molecule has 0 aliphatic carbocycles. The number of anilines is 3. The molecule has 0 saturated heterocycles. The van der Waals surface area contributed by atoms with Crippen LogP contribution in [0.4, 0.5) is 30.2 Å². The second-order valence-electron chi connectivity index (χ2n) is 11.5. The molecule has 234 valence electrons. The molecule has 0 aliphatic heterocycles. The van der Waals surface area contributed by atoms with E-state index in [1.807, 2.05) is 85.8 Å². The van der Waals surface area contributed by atoms with E-state index in [4.69, 9.17) is 0 Å². The minimum absolute atomic E-state index is 0.240. The van der Waals surface area contributed by atoms with Gasteiger partial charge >= 0.3 is 6.18 Å². The predicted octanol–water partition coefficient (Wildman–Crippen LogP) is 11.9. The fraction of sp³-hybridized carbons (Fsp3) is 0.0476. The van der Waals surface area contributed by atoms with Crippen LogP contribution >= 0.6 is 0 Å². The Morgan fingerprint density at radius 3 is 1.48 bits per heavy atom. The first-order valence-electron chi connectivity index (χ1n) is 15.6. The van der Waals surface area contributed by atoms with Crippen LogP contribution in [-0.2, 0) is 6.18 Å². The van der Waals surface area contributed by atoms with E-state index >= 15 is 0 Å². The lowest BCUT2D eigenvalue weighted by atomic mass is 9.94. The second kappa shape index (κ2) is 13.0. The number of pyridine rings is 2. The molecule has 3 nitrogen and oxygen atoms in total. The normalized spacial score (nSPS) is 11.3. The number of aromatic nitrogens is 2. The molecule has 0 radical (unpaired) electrons. The van der Waals surface area contributed by atoms with E-state index < -0.39 is 11.7 Å². The maximum atomic E-state index is 13.7. The molecule has 0 unspecified atom stereocenters. The van der Waals surface area contributed by atoms with Crippen molar-refractivity contribution in [3.8, 4) is 44.8 Å². The topological polar surface area (TPSA) is 29.0 Å². The highest BCUT2D eigenvalue weighted by atomic mass is 19.4. The van der Waals surface area contributed by atoms with Crippen LogP contribution in [-0.4, -0.2) is 9.97 Å². The first-order chi connectivity index (χ1) is 23.3. The smallest absolute Gasteiger partial charge is 0.309 e. The summed E-state index contributed by atoms with van der Waals surface area (Å²) in [5.41, 5.74) is 9.57. The quantitative estimate of drug-likeness (QED) is 0.175. The second-order valence-corrected chi connectivity index (χ2v) is 11.5. The van der Waals surface area contributed by atoms with Crippen LogP contribution in [0, 0.1) is 6.92 Å². The summed E-state index contributed by atoms with van der Waals surface area (Å²) < 4.78 is 41.1. The maximum Gasteiger partial charge on any atom is 0.416 e. The van der Waals surface area contributed by atoms with Crippen LogP contribution in [0.1, 0.15) is 11.1 Å². The summed E-state index contributed by atoms with van der Waals surface area (Å²) in [7, 11) is 0. The highest BCUT2D eigenvalue weighted by molar-refractivity contribution is 5.98. The van der Waals surface area contributed by atoms with Gasteiger partial charge in [-0.05, 0) is 72.1 Å². The molecule has 5 aromatic carbocycles. The average molecular weight is 634 g/mol. The first-order valence-corrected chi connectivity index (χ1v) is 15.6. The van der Waals surface area contributed by atoms with Gasteiger partial charge < -0.3 is 4.90 Å². The van der Waals surface area contributed by atoms with Gasteiger partial charge in [0.05, 0.1) is 22.6 Å². The van der Waals surface area contributed by atoms with E-state index in [-0.39, 0.29) is 5.69 Å². The van der Waals surface area contributed by atoms with Crippen LogP contribution in [0.2, 0.25) is 0 Å². The van der Waals surface area contributed by atoms with Crippen LogP contribution < -0.4 is 4.90 Å². The maximum absolute atomic E-state index is 13.7. The predicted molar refractivity (Wildman–Crippen MR) is 188 cm³/mol. The monoisotopic (exact) mass is 633 g/mol. The summed E-state index contributed by atoms with van der Waals surface area (Å²) in [6.45, 7) is 2.04. The van der Waals surface area contributed by atoms with Crippen LogP contribution in [0.25, 0.3) is 44.8 Å². The molecule has 6 heteroatoms. The minimum Gasteiger partial charge on any atom is -0.309 e. The molecule has 0 aliphatic rings. The van der Waals surface area contributed by atoms with E-state index in [0.717, 1.165) is 68.3 Å². The number of alkyl halides is 3. The molecule has 0 fully saturated rings. The van der Waals surface area contributed by atoms with Crippen LogP contribution in [0.3, 0.4) is 0 Å².